The quantitative estimate of drug-likeness (QED) is 0.590. The second kappa shape index (κ2) is 9.61. The zero-order chi connectivity index (χ0) is 20.8. The summed E-state index contributed by atoms with van der Waals surface area (Å²) in [5.74, 6) is 2.63. The number of piperidine rings is 1. The van der Waals surface area contributed by atoms with Gasteiger partial charge in [-0.25, -0.2) is 0 Å². The summed E-state index contributed by atoms with van der Waals surface area (Å²) in [5, 5.41) is 3.48. The highest BCUT2D eigenvalue weighted by Gasteiger charge is 2.16. The molecule has 0 aliphatic carbocycles. The van der Waals surface area contributed by atoms with E-state index in [1.54, 1.807) is 0 Å². The normalized spacial score (nSPS) is 13.9. The molecule has 156 valence electrons. The monoisotopic (exact) mass is 401 g/mol. The Morgan fingerprint density at radius 1 is 0.933 bits per heavy atom. The first-order valence-electron chi connectivity index (χ1n) is 10.9. The Kier molecular flexibility index (Phi) is 6.47. The minimum Gasteiger partial charge on any atom is -0.356 e. The average molecular weight is 402 g/mol. The first kappa shape index (κ1) is 20.2. The lowest BCUT2D eigenvalue weighted by atomic mass is 10.1. The lowest BCUT2D eigenvalue weighted by Gasteiger charge is -2.29. The van der Waals surface area contributed by atoms with Crippen molar-refractivity contribution in [3.8, 4) is 0 Å². The van der Waals surface area contributed by atoms with Gasteiger partial charge in [0.2, 0.25) is 5.95 Å². The molecule has 1 saturated heterocycles. The number of aromatic nitrogens is 2. The zero-order valence-corrected chi connectivity index (χ0v) is 18.0. The summed E-state index contributed by atoms with van der Waals surface area (Å²) in [6, 6.07) is 21.1. The highest BCUT2D eigenvalue weighted by Crippen LogP contribution is 2.25. The Labute approximate surface area is 179 Å². The first-order chi connectivity index (χ1) is 14.7. The van der Waals surface area contributed by atoms with Crippen molar-refractivity contribution in [2.75, 3.05) is 41.8 Å². The molecule has 0 bridgehead atoms. The van der Waals surface area contributed by atoms with Crippen molar-refractivity contribution in [3.05, 3.63) is 71.8 Å². The molecule has 4 rings (SSSR count). The summed E-state index contributed by atoms with van der Waals surface area (Å²) in [6.45, 7) is 5.10. The van der Waals surface area contributed by atoms with Crippen molar-refractivity contribution in [1.82, 2.24) is 9.97 Å². The van der Waals surface area contributed by atoms with E-state index in [1.165, 1.54) is 30.4 Å². The standard InChI is InChI=1S/C25H31N5/c1-20-11-13-22(14-12-20)26-23-19-24(30-16-7-4-8-17-30)28-25(27-23)29(2)18-15-21-9-5-3-6-10-21/h3,5-6,9-14,19H,4,7-8,15-18H2,1-2H3,(H,26,27,28). The molecule has 2 aromatic carbocycles. The summed E-state index contributed by atoms with van der Waals surface area (Å²) in [5.41, 5.74) is 3.62. The van der Waals surface area contributed by atoms with Crippen LogP contribution >= 0.6 is 0 Å². The van der Waals surface area contributed by atoms with E-state index in [-0.39, 0.29) is 0 Å². The molecular formula is C25H31N5. The molecule has 2 heterocycles. The third kappa shape index (κ3) is 5.29. The maximum Gasteiger partial charge on any atom is 0.229 e. The molecule has 0 spiro atoms. The fourth-order valence-corrected chi connectivity index (χ4v) is 3.77. The van der Waals surface area contributed by atoms with Crippen LogP contribution in [0.4, 0.5) is 23.3 Å². The van der Waals surface area contributed by atoms with Crippen LogP contribution in [0.3, 0.4) is 0 Å². The zero-order valence-electron chi connectivity index (χ0n) is 18.0. The molecule has 0 amide bonds. The predicted octanol–water partition coefficient (Wildman–Crippen LogP) is 5.20. The van der Waals surface area contributed by atoms with Crippen molar-refractivity contribution >= 4 is 23.3 Å². The number of likely N-dealkylation sites (N-methyl/N-ethyl adjacent to an activating group) is 1. The van der Waals surface area contributed by atoms with E-state index in [0.717, 1.165) is 49.3 Å². The number of nitrogens with one attached hydrogen (secondary N) is 1. The highest BCUT2D eigenvalue weighted by atomic mass is 15.3. The van der Waals surface area contributed by atoms with Crippen LogP contribution < -0.4 is 15.1 Å². The van der Waals surface area contributed by atoms with Crippen molar-refractivity contribution in [2.24, 2.45) is 0 Å². The van der Waals surface area contributed by atoms with Crippen LogP contribution in [0, 0.1) is 6.92 Å². The van der Waals surface area contributed by atoms with Gasteiger partial charge in [-0.3, -0.25) is 0 Å². The Hall–Kier alpha value is -3.08. The van der Waals surface area contributed by atoms with E-state index in [2.05, 4.69) is 89.8 Å². The second-order valence-electron chi connectivity index (χ2n) is 8.11. The molecule has 0 atom stereocenters. The van der Waals surface area contributed by atoms with Gasteiger partial charge in [0.1, 0.15) is 11.6 Å². The number of rotatable bonds is 7. The number of nitrogens with zero attached hydrogens (tertiary/aromatic N) is 4. The number of hydrogen-bond acceptors (Lipinski definition) is 5. The van der Waals surface area contributed by atoms with Crippen LogP contribution in [-0.4, -0.2) is 36.6 Å². The van der Waals surface area contributed by atoms with Crippen LogP contribution in [0.1, 0.15) is 30.4 Å². The van der Waals surface area contributed by atoms with E-state index in [1.807, 2.05) is 0 Å². The number of aryl methyl sites for hydroxylation is 1. The molecule has 0 radical (unpaired) electrons. The van der Waals surface area contributed by atoms with Gasteiger partial charge in [0, 0.05) is 38.4 Å². The lowest BCUT2D eigenvalue weighted by Crippen LogP contribution is -2.31. The molecule has 1 N–H and O–H groups in total. The topological polar surface area (TPSA) is 44.3 Å². The van der Waals surface area contributed by atoms with E-state index < -0.39 is 0 Å². The molecule has 1 aliphatic rings. The first-order valence-corrected chi connectivity index (χ1v) is 10.9. The van der Waals surface area contributed by atoms with E-state index in [0.29, 0.717) is 0 Å². The average Bonchev–Trinajstić information content (AvgIpc) is 2.80. The molecule has 0 unspecified atom stereocenters. The summed E-state index contributed by atoms with van der Waals surface area (Å²) >= 11 is 0. The van der Waals surface area contributed by atoms with Gasteiger partial charge >= 0.3 is 0 Å². The van der Waals surface area contributed by atoms with Crippen LogP contribution in [0.2, 0.25) is 0 Å². The largest absolute Gasteiger partial charge is 0.356 e. The van der Waals surface area contributed by atoms with Gasteiger partial charge in [-0.1, -0.05) is 48.0 Å². The van der Waals surface area contributed by atoms with E-state index in [4.69, 9.17) is 9.97 Å². The maximum atomic E-state index is 4.93. The van der Waals surface area contributed by atoms with Crippen molar-refractivity contribution in [2.45, 2.75) is 32.6 Å². The predicted molar refractivity (Wildman–Crippen MR) is 126 cm³/mol. The Morgan fingerprint density at radius 2 is 1.67 bits per heavy atom. The van der Waals surface area contributed by atoms with Gasteiger partial charge < -0.3 is 15.1 Å². The minimum absolute atomic E-state index is 0.767. The van der Waals surface area contributed by atoms with Crippen molar-refractivity contribution in [3.63, 3.8) is 0 Å². The SMILES string of the molecule is Cc1ccc(Nc2cc(N3CCCCC3)nc(N(C)CCc3ccccc3)n2)cc1. The fourth-order valence-electron chi connectivity index (χ4n) is 3.77. The summed E-state index contributed by atoms with van der Waals surface area (Å²) < 4.78 is 0. The van der Waals surface area contributed by atoms with Crippen molar-refractivity contribution in [1.29, 1.82) is 0 Å². The molecule has 3 aromatic rings. The fraction of sp³-hybridized carbons (Fsp3) is 0.360. The van der Waals surface area contributed by atoms with Crippen LogP contribution in [0.15, 0.2) is 60.7 Å². The van der Waals surface area contributed by atoms with Gasteiger partial charge in [0.25, 0.3) is 0 Å². The Bertz CT molecular complexity index is 934. The molecule has 0 saturated carbocycles. The molecule has 1 aromatic heterocycles. The van der Waals surface area contributed by atoms with Gasteiger partial charge in [-0.2, -0.15) is 9.97 Å². The number of hydrogen-bond donors (Lipinski definition) is 1. The number of benzene rings is 2. The lowest BCUT2D eigenvalue weighted by molar-refractivity contribution is 0.573. The Morgan fingerprint density at radius 3 is 2.40 bits per heavy atom. The van der Waals surface area contributed by atoms with Gasteiger partial charge in [-0.05, 0) is 50.3 Å². The highest BCUT2D eigenvalue weighted by molar-refractivity contribution is 5.62. The van der Waals surface area contributed by atoms with Crippen molar-refractivity contribution < 1.29 is 0 Å². The van der Waals surface area contributed by atoms with Gasteiger partial charge in [0.05, 0.1) is 0 Å². The van der Waals surface area contributed by atoms with E-state index in [9.17, 15) is 0 Å². The second-order valence-corrected chi connectivity index (χ2v) is 8.11. The summed E-state index contributed by atoms with van der Waals surface area (Å²) in [6.07, 6.45) is 4.73. The van der Waals surface area contributed by atoms with Gasteiger partial charge in [0.15, 0.2) is 0 Å². The smallest absolute Gasteiger partial charge is 0.229 e. The Balaban J connectivity index is 1.56. The molecule has 1 aliphatic heterocycles. The molecule has 1 fully saturated rings. The van der Waals surface area contributed by atoms with Crippen LogP contribution in [0.25, 0.3) is 0 Å². The summed E-state index contributed by atoms with van der Waals surface area (Å²) in [7, 11) is 2.08. The van der Waals surface area contributed by atoms with Gasteiger partial charge in [-0.15, -0.1) is 0 Å². The molecule has 30 heavy (non-hydrogen) atoms. The molecular weight excluding hydrogens is 370 g/mol. The molecule has 5 nitrogen and oxygen atoms in total. The van der Waals surface area contributed by atoms with E-state index >= 15 is 0 Å². The number of anilines is 4. The van der Waals surface area contributed by atoms with Crippen LogP contribution in [0.5, 0.6) is 0 Å². The molecule has 5 heteroatoms. The maximum absolute atomic E-state index is 4.93. The van der Waals surface area contributed by atoms with Crippen LogP contribution in [-0.2, 0) is 6.42 Å². The summed E-state index contributed by atoms with van der Waals surface area (Å²) in [4.78, 5) is 14.3. The third-order valence-electron chi connectivity index (χ3n) is 5.62. The third-order valence-corrected chi connectivity index (χ3v) is 5.62. The minimum atomic E-state index is 0.767.